The minimum Gasteiger partial charge on any atom is -0.486 e. The summed E-state index contributed by atoms with van der Waals surface area (Å²) in [4.78, 5) is 2.43. The Morgan fingerprint density at radius 3 is 2.76 bits per heavy atom. The molecule has 2 aliphatic rings. The van der Waals surface area contributed by atoms with Crippen molar-refractivity contribution >= 4 is 5.69 Å². The van der Waals surface area contributed by atoms with Crippen molar-refractivity contribution < 1.29 is 9.47 Å². The largest absolute Gasteiger partial charge is 0.486 e. The molecular formula is C17H26N2O2. The molecule has 3 rings (SSSR count). The number of benzene rings is 1. The lowest BCUT2D eigenvalue weighted by Crippen LogP contribution is -2.41. The summed E-state index contributed by atoms with van der Waals surface area (Å²) in [6, 6.07) is 4.62. The summed E-state index contributed by atoms with van der Waals surface area (Å²) in [5.74, 6) is 1.06. The molecule has 116 valence electrons. The van der Waals surface area contributed by atoms with Crippen molar-refractivity contribution in [3.8, 4) is 5.75 Å². The second kappa shape index (κ2) is 6.67. The fourth-order valence-corrected chi connectivity index (χ4v) is 3.22. The molecule has 0 radical (unpaired) electrons. The zero-order valence-electron chi connectivity index (χ0n) is 13.2. The Hall–Kier alpha value is -1.26. The molecule has 4 heteroatoms. The van der Waals surface area contributed by atoms with Crippen LogP contribution < -0.4 is 15.0 Å². The van der Waals surface area contributed by atoms with Gasteiger partial charge in [0, 0.05) is 13.7 Å². The van der Waals surface area contributed by atoms with Gasteiger partial charge in [-0.05, 0) is 55.6 Å². The molecule has 1 atom stereocenters. The summed E-state index contributed by atoms with van der Waals surface area (Å²) in [6.45, 7) is 6.98. The molecule has 1 aromatic carbocycles. The third-order valence-corrected chi connectivity index (χ3v) is 4.50. The molecular weight excluding hydrogens is 264 g/mol. The number of rotatable bonds is 4. The summed E-state index contributed by atoms with van der Waals surface area (Å²) in [6.07, 6.45) is 3.54. The van der Waals surface area contributed by atoms with Gasteiger partial charge in [0.25, 0.3) is 0 Å². The first-order valence-electron chi connectivity index (χ1n) is 8.09. The minimum absolute atomic E-state index is 0.288. The Kier molecular flexibility index (Phi) is 4.66. The highest BCUT2D eigenvalue weighted by Gasteiger charge is 2.26. The van der Waals surface area contributed by atoms with E-state index >= 15 is 0 Å². The van der Waals surface area contributed by atoms with Crippen molar-refractivity contribution in [1.29, 1.82) is 0 Å². The van der Waals surface area contributed by atoms with Crippen LogP contribution in [0.2, 0.25) is 0 Å². The Morgan fingerprint density at radius 1 is 1.29 bits per heavy atom. The molecule has 1 N–H and O–H groups in total. The number of fused-ring (bicyclic) bond motifs is 2. The molecule has 0 aromatic heterocycles. The molecule has 1 aromatic rings. The first kappa shape index (κ1) is 14.7. The third-order valence-electron chi connectivity index (χ3n) is 4.50. The molecule has 2 aliphatic heterocycles. The second-order valence-electron chi connectivity index (χ2n) is 5.93. The maximum Gasteiger partial charge on any atom is 0.143 e. The second-order valence-corrected chi connectivity index (χ2v) is 5.93. The predicted octanol–water partition coefficient (Wildman–Crippen LogP) is 2.00. The van der Waals surface area contributed by atoms with Gasteiger partial charge in [-0.15, -0.1) is 0 Å². The molecule has 0 amide bonds. The smallest absolute Gasteiger partial charge is 0.143 e. The van der Waals surface area contributed by atoms with Crippen LogP contribution in [0.4, 0.5) is 5.69 Å². The van der Waals surface area contributed by atoms with Gasteiger partial charge in [0.1, 0.15) is 11.9 Å². The SMILES string of the molecule is CC[C@@H]1CN(CCOC)c2cc3c(cc2O1)CCNCC3. The zero-order valence-corrected chi connectivity index (χ0v) is 13.2. The first-order valence-corrected chi connectivity index (χ1v) is 8.09. The number of methoxy groups -OCH3 is 1. The highest BCUT2D eigenvalue weighted by Crippen LogP contribution is 2.37. The molecule has 0 unspecified atom stereocenters. The molecule has 2 heterocycles. The molecule has 0 aliphatic carbocycles. The quantitative estimate of drug-likeness (QED) is 0.919. The molecule has 21 heavy (non-hydrogen) atoms. The van der Waals surface area contributed by atoms with Crippen LogP contribution in [0.3, 0.4) is 0 Å². The lowest BCUT2D eigenvalue weighted by Gasteiger charge is -2.36. The van der Waals surface area contributed by atoms with Crippen molar-refractivity contribution in [3.05, 3.63) is 23.3 Å². The van der Waals surface area contributed by atoms with Crippen LogP contribution in [-0.2, 0) is 17.6 Å². The van der Waals surface area contributed by atoms with Crippen LogP contribution >= 0.6 is 0 Å². The molecule has 0 spiro atoms. The van der Waals surface area contributed by atoms with Crippen molar-refractivity contribution in [2.75, 3.05) is 44.8 Å². The van der Waals surface area contributed by atoms with Crippen LogP contribution in [0.1, 0.15) is 24.5 Å². The average molecular weight is 290 g/mol. The van der Waals surface area contributed by atoms with Crippen molar-refractivity contribution in [2.24, 2.45) is 0 Å². The number of ether oxygens (including phenoxy) is 2. The van der Waals surface area contributed by atoms with Crippen LogP contribution in [0.15, 0.2) is 12.1 Å². The van der Waals surface area contributed by atoms with Gasteiger partial charge < -0.3 is 19.7 Å². The van der Waals surface area contributed by atoms with E-state index in [0.717, 1.165) is 57.8 Å². The van der Waals surface area contributed by atoms with Gasteiger partial charge in [-0.25, -0.2) is 0 Å². The molecule has 0 saturated heterocycles. The van der Waals surface area contributed by atoms with E-state index in [1.54, 1.807) is 7.11 Å². The van der Waals surface area contributed by atoms with Gasteiger partial charge in [-0.3, -0.25) is 0 Å². The summed E-state index contributed by atoms with van der Waals surface area (Å²) in [5.41, 5.74) is 4.17. The van der Waals surface area contributed by atoms with E-state index in [-0.39, 0.29) is 6.10 Å². The monoisotopic (exact) mass is 290 g/mol. The Bertz CT molecular complexity index is 490. The third kappa shape index (κ3) is 3.16. The summed E-state index contributed by atoms with van der Waals surface area (Å²) >= 11 is 0. The van der Waals surface area contributed by atoms with Gasteiger partial charge in [0.15, 0.2) is 0 Å². The zero-order chi connectivity index (χ0) is 14.7. The predicted molar refractivity (Wildman–Crippen MR) is 85.5 cm³/mol. The standard InChI is InChI=1S/C17H26N2O2/c1-3-15-12-19(8-9-20-2)16-10-13-4-6-18-7-5-14(13)11-17(16)21-15/h10-11,15,18H,3-9,12H2,1-2H3/t15-/m1/s1. The van der Waals surface area contributed by atoms with Crippen molar-refractivity contribution in [2.45, 2.75) is 32.3 Å². The van der Waals surface area contributed by atoms with E-state index in [0.29, 0.717) is 0 Å². The van der Waals surface area contributed by atoms with E-state index in [9.17, 15) is 0 Å². The normalized spacial score (nSPS) is 21.2. The highest BCUT2D eigenvalue weighted by molar-refractivity contribution is 5.64. The van der Waals surface area contributed by atoms with E-state index in [1.165, 1.54) is 16.8 Å². The van der Waals surface area contributed by atoms with Crippen LogP contribution in [0, 0.1) is 0 Å². The molecule has 0 bridgehead atoms. The van der Waals surface area contributed by atoms with E-state index < -0.39 is 0 Å². The van der Waals surface area contributed by atoms with Gasteiger partial charge in [-0.1, -0.05) is 6.92 Å². The van der Waals surface area contributed by atoms with E-state index in [2.05, 4.69) is 29.3 Å². The van der Waals surface area contributed by atoms with Gasteiger partial charge in [-0.2, -0.15) is 0 Å². The lowest BCUT2D eigenvalue weighted by molar-refractivity contribution is 0.174. The average Bonchev–Trinajstić information content (AvgIpc) is 2.75. The maximum atomic E-state index is 6.20. The van der Waals surface area contributed by atoms with Crippen LogP contribution in [-0.4, -0.2) is 46.0 Å². The first-order chi connectivity index (χ1) is 10.3. The number of hydrogen-bond acceptors (Lipinski definition) is 4. The number of hydrogen-bond donors (Lipinski definition) is 1. The van der Waals surface area contributed by atoms with E-state index in [1.807, 2.05) is 0 Å². The highest BCUT2D eigenvalue weighted by atomic mass is 16.5. The Labute approximate surface area is 127 Å². The van der Waals surface area contributed by atoms with Crippen LogP contribution in [0.25, 0.3) is 0 Å². The molecule has 4 nitrogen and oxygen atoms in total. The fraction of sp³-hybridized carbons (Fsp3) is 0.647. The fourth-order valence-electron chi connectivity index (χ4n) is 3.22. The molecule has 0 saturated carbocycles. The van der Waals surface area contributed by atoms with Gasteiger partial charge >= 0.3 is 0 Å². The van der Waals surface area contributed by atoms with Gasteiger partial charge in [0.2, 0.25) is 0 Å². The Morgan fingerprint density at radius 2 is 2.05 bits per heavy atom. The summed E-state index contributed by atoms with van der Waals surface area (Å²) in [5, 5.41) is 3.48. The number of nitrogens with one attached hydrogen (secondary N) is 1. The van der Waals surface area contributed by atoms with Crippen molar-refractivity contribution in [3.63, 3.8) is 0 Å². The minimum atomic E-state index is 0.288. The lowest BCUT2D eigenvalue weighted by atomic mass is 9.99. The number of anilines is 1. The van der Waals surface area contributed by atoms with Crippen LogP contribution in [0.5, 0.6) is 5.75 Å². The Balaban J connectivity index is 1.92. The maximum absolute atomic E-state index is 6.20. The topological polar surface area (TPSA) is 33.7 Å². The summed E-state index contributed by atoms with van der Waals surface area (Å²) in [7, 11) is 1.77. The summed E-state index contributed by atoms with van der Waals surface area (Å²) < 4.78 is 11.5. The van der Waals surface area contributed by atoms with Crippen molar-refractivity contribution in [1.82, 2.24) is 5.32 Å². The number of nitrogens with zero attached hydrogens (tertiary/aromatic N) is 1. The van der Waals surface area contributed by atoms with Gasteiger partial charge in [0.05, 0.1) is 18.8 Å². The van der Waals surface area contributed by atoms with E-state index in [4.69, 9.17) is 9.47 Å². The molecule has 0 fully saturated rings.